The summed E-state index contributed by atoms with van der Waals surface area (Å²) in [4.78, 5) is 31.7. The minimum absolute atomic E-state index is 0.130. The third kappa shape index (κ3) is 3.45. The lowest BCUT2D eigenvalue weighted by Gasteiger charge is -2.33. The molecule has 0 radical (unpaired) electrons. The number of hydrogen-bond acceptors (Lipinski definition) is 7. The maximum atomic E-state index is 13.2. The van der Waals surface area contributed by atoms with Crippen molar-refractivity contribution >= 4 is 26.8 Å². The summed E-state index contributed by atoms with van der Waals surface area (Å²) in [7, 11) is -3.45. The second-order valence-corrected chi connectivity index (χ2v) is 8.85. The average molecular weight is 397 g/mol. The van der Waals surface area contributed by atoms with Crippen molar-refractivity contribution in [1.29, 1.82) is 0 Å². The van der Waals surface area contributed by atoms with E-state index in [1.165, 1.54) is 12.5 Å². The van der Waals surface area contributed by atoms with Crippen LogP contribution < -0.4 is 0 Å². The van der Waals surface area contributed by atoms with Crippen molar-refractivity contribution in [2.45, 2.75) is 23.7 Å². The number of carbonyl (C=O) groups is 1. The van der Waals surface area contributed by atoms with Crippen LogP contribution in [0.5, 0.6) is 0 Å². The molecular formula is C19H19N5O3S. The molecule has 0 saturated carbocycles. The van der Waals surface area contributed by atoms with Gasteiger partial charge in [0.1, 0.15) is 16.7 Å². The Bertz CT molecular complexity index is 1140. The summed E-state index contributed by atoms with van der Waals surface area (Å²) in [6.07, 6.45) is 8.52. The van der Waals surface area contributed by atoms with E-state index in [1.54, 1.807) is 29.4 Å². The van der Waals surface area contributed by atoms with E-state index in [0.29, 0.717) is 35.4 Å². The number of aromatic nitrogens is 4. The Hall–Kier alpha value is -2.94. The lowest BCUT2D eigenvalue weighted by molar-refractivity contribution is 0.0707. The van der Waals surface area contributed by atoms with Crippen LogP contribution in [0.2, 0.25) is 0 Å². The molecule has 8 nitrogen and oxygen atoms in total. The molecule has 1 aromatic carbocycles. The van der Waals surface area contributed by atoms with Gasteiger partial charge in [-0.05, 0) is 25.0 Å². The topological polar surface area (TPSA) is 106 Å². The Kier molecular flexibility index (Phi) is 4.76. The molecule has 0 unspecified atom stereocenters. The van der Waals surface area contributed by atoms with E-state index < -0.39 is 9.84 Å². The van der Waals surface area contributed by atoms with Crippen molar-refractivity contribution in [3.8, 4) is 0 Å². The molecule has 144 valence electrons. The first-order valence-electron chi connectivity index (χ1n) is 8.94. The molecule has 4 rings (SSSR count). The first kappa shape index (κ1) is 18.4. The van der Waals surface area contributed by atoms with Crippen LogP contribution in [-0.4, -0.2) is 58.5 Å². The van der Waals surface area contributed by atoms with Crippen molar-refractivity contribution in [2.24, 2.45) is 0 Å². The van der Waals surface area contributed by atoms with Gasteiger partial charge in [-0.2, -0.15) is 0 Å². The molecule has 28 heavy (non-hydrogen) atoms. The van der Waals surface area contributed by atoms with Crippen LogP contribution in [0.4, 0.5) is 0 Å². The fourth-order valence-corrected chi connectivity index (χ4v) is 4.49. The zero-order chi connectivity index (χ0) is 19.7. The highest BCUT2D eigenvalue weighted by Gasteiger charge is 2.30. The van der Waals surface area contributed by atoms with Gasteiger partial charge < -0.3 is 4.90 Å². The molecule has 9 heteroatoms. The normalized spacial score (nSPS) is 17.6. The highest BCUT2D eigenvalue weighted by atomic mass is 32.2. The molecule has 1 aliphatic heterocycles. The lowest BCUT2D eigenvalue weighted by Crippen LogP contribution is -2.39. The van der Waals surface area contributed by atoms with Crippen molar-refractivity contribution in [2.75, 3.05) is 19.3 Å². The third-order valence-electron chi connectivity index (χ3n) is 4.93. The standard InChI is InChI=1S/C19H19N5O3S/c1-28(26,27)16-10-20-12-23-17(16)13-4-3-9-24(11-13)19(25)14-5-2-6-15-18(14)22-8-7-21-15/h2,5-8,10,12-13H,3-4,9,11H2,1H3/t13-/m0/s1. The number of amides is 1. The van der Waals surface area contributed by atoms with Crippen LogP contribution in [0.15, 0.2) is 48.0 Å². The molecule has 3 heterocycles. The molecular weight excluding hydrogens is 378 g/mol. The molecule has 0 bridgehead atoms. The number of piperidine rings is 1. The summed E-state index contributed by atoms with van der Waals surface area (Å²) in [5, 5.41) is 0. The fourth-order valence-electron chi connectivity index (χ4n) is 3.64. The quantitative estimate of drug-likeness (QED) is 0.664. The number of sulfone groups is 1. The van der Waals surface area contributed by atoms with Gasteiger partial charge in [-0.3, -0.25) is 14.8 Å². The van der Waals surface area contributed by atoms with E-state index in [4.69, 9.17) is 0 Å². The van der Waals surface area contributed by atoms with Crippen LogP contribution in [0.3, 0.4) is 0 Å². The molecule has 2 aromatic heterocycles. The van der Waals surface area contributed by atoms with E-state index in [0.717, 1.165) is 19.1 Å². The summed E-state index contributed by atoms with van der Waals surface area (Å²) in [5.74, 6) is -0.294. The smallest absolute Gasteiger partial charge is 0.256 e. The van der Waals surface area contributed by atoms with Gasteiger partial charge in [-0.15, -0.1) is 0 Å². The number of para-hydroxylation sites is 1. The molecule has 1 saturated heterocycles. The number of rotatable bonds is 3. The van der Waals surface area contributed by atoms with Crippen molar-refractivity contribution in [3.05, 3.63) is 54.4 Å². The minimum atomic E-state index is -3.45. The van der Waals surface area contributed by atoms with E-state index in [9.17, 15) is 13.2 Å². The van der Waals surface area contributed by atoms with Crippen LogP contribution in [0.25, 0.3) is 11.0 Å². The maximum absolute atomic E-state index is 13.2. The Labute approximate surface area is 162 Å². The van der Waals surface area contributed by atoms with Gasteiger partial charge in [-0.1, -0.05) is 6.07 Å². The molecule has 1 atom stereocenters. The Morgan fingerprint density at radius 1 is 1.18 bits per heavy atom. The summed E-state index contributed by atoms with van der Waals surface area (Å²) < 4.78 is 24.2. The Balaban J connectivity index is 1.66. The van der Waals surface area contributed by atoms with Gasteiger partial charge in [0.15, 0.2) is 9.84 Å². The number of nitrogens with zero attached hydrogens (tertiary/aromatic N) is 5. The monoisotopic (exact) mass is 397 g/mol. The Morgan fingerprint density at radius 3 is 2.82 bits per heavy atom. The van der Waals surface area contributed by atoms with E-state index in [-0.39, 0.29) is 16.7 Å². The van der Waals surface area contributed by atoms with Gasteiger partial charge in [0.25, 0.3) is 5.91 Å². The molecule has 0 spiro atoms. The molecule has 1 aliphatic rings. The summed E-state index contributed by atoms with van der Waals surface area (Å²) >= 11 is 0. The zero-order valence-corrected chi connectivity index (χ0v) is 16.1. The van der Waals surface area contributed by atoms with E-state index in [1.807, 2.05) is 6.07 Å². The second-order valence-electron chi connectivity index (χ2n) is 6.86. The van der Waals surface area contributed by atoms with Gasteiger partial charge in [0.05, 0.1) is 16.8 Å². The van der Waals surface area contributed by atoms with Crippen molar-refractivity contribution in [1.82, 2.24) is 24.8 Å². The van der Waals surface area contributed by atoms with E-state index >= 15 is 0 Å². The van der Waals surface area contributed by atoms with Crippen molar-refractivity contribution in [3.63, 3.8) is 0 Å². The molecule has 1 amide bonds. The predicted molar refractivity (Wildman–Crippen MR) is 103 cm³/mol. The van der Waals surface area contributed by atoms with Crippen LogP contribution in [0, 0.1) is 0 Å². The molecule has 0 aliphatic carbocycles. The first-order valence-corrected chi connectivity index (χ1v) is 10.8. The predicted octanol–water partition coefficient (Wildman–Crippen LogP) is 1.84. The number of likely N-dealkylation sites (tertiary alicyclic amines) is 1. The summed E-state index contributed by atoms with van der Waals surface area (Å²) in [6.45, 7) is 1.00. The summed E-state index contributed by atoms with van der Waals surface area (Å²) in [6, 6.07) is 5.35. The van der Waals surface area contributed by atoms with Gasteiger partial charge >= 0.3 is 0 Å². The number of benzene rings is 1. The SMILES string of the molecule is CS(=O)(=O)c1cncnc1[C@H]1CCCN(C(=O)c2cccc3nccnc23)C1. The average Bonchev–Trinajstić information content (AvgIpc) is 2.72. The van der Waals surface area contributed by atoms with Gasteiger partial charge in [0.2, 0.25) is 0 Å². The highest BCUT2D eigenvalue weighted by Crippen LogP contribution is 2.30. The molecule has 1 fully saturated rings. The lowest BCUT2D eigenvalue weighted by atomic mass is 9.94. The second kappa shape index (κ2) is 7.23. The van der Waals surface area contributed by atoms with Crippen LogP contribution >= 0.6 is 0 Å². The maximum Gasteiger partial charge on any atom is 0.256 e. The summed E-state index contributed by atoms with van der Waals surface area (Å²) in [5.41, 5.74) is 2.21. The fraction of sp³-hybridized carbons (Fsp3) is 0.316. The number of fused-ring (bicyclic) bond motifs is 1. The largest absolute Gasteiger partial charge is 0.338 e. The van der Waals surface area contributed by atoms with Crippen molar-refractivity contribution < 1.29 is 13.2 Å². The minimum Gasteiger partial charge on any atom is -0.338 e. The third-order valence-corrected chi connectivity index (χ3v) is 6.05. The zero-order valence-electron chi connectivity index (χ0n) is 15.3. The molecule has 3 aromatic rings. The number of carbonyl (C=O) groups excluding carboxylic acids is 1. The van der Waals surface area contributed by atoms with Crippen LogP contribution in [0.1, 0.15) is 34.8 Å². The van der Waals surface area contributed by atoms with Crippen LogP contribution in [-0.2, 0) is 9.84 Å². The first-order chi connectivity index (χ1) is 13.4. The number of hydrogen-bond donors (Lipinski definition) is 0. The van der Waals surface area contributed by atoms with Gasteiger partial charge in [-0.25, -0.2) is 18.4 Å². The van der Waals surface area contributed by atoms with E-state index in [2.05, 4.69) is 19.9 Å². The molecule has 0 N–H and O–H groups in total. The Morgan fingerprint density at radius 2 is 2.00 bits per heavy atom. The van der Waals surface area contributed by atoms with Gasteiger partial charge in [0, 0.05) is 43.9 Å². The highest BCUT2D eigenvalue weighted by molar-refractivity contribution is 7.90.